The van der Waals surface area contributed by atoms with Crippen molar-refractivity contribution in [3.63, 3.8) is 0 Å². The van der Waals surface area contributed by atoms with Gasteiger partial charge in [-0.25, -0.2) is 0 Å². The van der Waals surface area contributed by atoms with E-state index in [9.17, 15) is 13.2 Å². The molecule has 12 heavy (non-hydrogen) atoms. The van der Waals surface area contributed by atoms with Crippen molar-refractivity contribution >= 4 is 12.6 Å². The second kappa shape index (κ2) is 2.83. The lowest BCUT2D eigenvalue weighted by Crippen LogP contribution is -2.39. The van der Waals surface area contributed by atoms with Crippen LogP contribution in [0.2, 0.25) is 0 Å². The van der Waals surface area contributed by atoms with Crippen molar-refractivity contribution < 1.29 is 13.2 Å². The summed E-state index contributed by atoms with van der Waals surface area (Å²) in [4.78, 5) is 0. The molecule has 1 aliphatic carbocycles. The maximum Gasteiger partial charge on any atom is 0.406 e. The van der Waals surface area contributed by atoms with E-state index < -0.39 is 10.9 Å². The van der Waals surface area contributed by atoms with Crippen LogP contribution in [0, 0.1) is 0 Å². The van der Waals surface area contributed by atoms with Gasteiger partial charge in [-0.05, 0) is 13.3 Å². The van der Waals surface area contributed by atoms with Gasteiger partial charge in [0, 0.05) is 0 Å². The van der Waals surface area contributed by atoms with Crippen LogP contribution in [-0.2, 0) is 0 Å². The van der Waals surface area contributed by atoms with Crippen molar-refractivity contribution in [1.29, 1.82) is 0 Å². The molecule has 0 radical (unpaired) electrons. The fourth-order valence-corrected chi connectivity index (χ4v) is 1.44. The van der Waals surface area contributed by atoms with E-state index in [-0.39, 0.29) is 6.42 Å². The van der Waals surface area contributed by atoms with Gasteiger partial charge < -0.3 is 0 Å². The van der Waals surface area contributed by atoms with Crippen LogP contribution in [-0.4, -0.2) is 10.9 Å². The molecule has 0 aromatic rings. The minimum Gasteiger partial charge on any atom is -0.169 e. The van der Waals surface area contributed by atoms with Crippen molar-refractivity contribution in [3.05, 3.63) is 23.8 Å². The molecule has 0 saturated heterocycles. The molecule has 0 spiro atoms. The summed E-state index contributed by atoms with van der Waals surface area (Å²) in [6, 6.07) is 0. The third kappa shape index (κ3) is 1.68. The van der Waals surface area contributed by atoms with Crippen molar-refractivity contribution in [2.24, 2.45) is 0 Å². The minimum absolute atomic E-state index is 0.0594. The number of hydrogen-bond acceptors (Lipinski definition) is 1. The monoisotopic (exact) mass is 194 g/mol. The predicted octanol–water partition coefficient (Wildman–Crippen LogP) is 3.12. The highest BCUT2D eigenvalue weighted by molar-refractivity contribution is 7.82. The summed E-state index contributed by atoms with van der Waals surface area (Å²) in [5.41, 5.74) is 0.699. The van der Waals surface area contributed by atoms with Crippen molar-refractivity contribution in [3.8, 4) is 0 Å². The summed E-state index contributed by atoms with van der Waals surface area (Å²) in [6.07, 6.45) is -0.180. The molecule has 0 N–H and O–H groups in total. The number of alkyl halides is 3. The molecule has 1 aliphatic rings. The third-order valence-corrected chi connectivity index (χ3v) is 2.35. The first-order chi connectivity index (χ1) is 5.35. The zero-order valence-corrected chi connectivity index (χ0v) is 7.41. The van der Waals surface area contributed by atoms with E-state index in [1.165, 1.54) is 6.08 Å². The van der Waals surface area contributed by atoms with Gasteiger partial charge in [0.2, 0.25) is 0 Å². The van der Waals surface area contributed by atoms with Gasteiger partial charge in [-0.2, -0.15) is 25.8 Å². The summed E-state index contributed by atoms with van der Waals surface area (Å²) in [7, 11) is 0. The molecule has 68 valence electrons. The van der Waals surface area contributed by atoms with Gasteiger partial charge in [0.05, 0.1) is 0 Å². The smallest absolute Gasteiger partial charge is 0.169 e. The highest BCUT2D eigenvalue weighted by Gasteiger charge is 2.50. The molecule has 4 heteroatoms. The van der Waals surface area contributed by atoms with E-state index in [1.807, 2.05) is 0 Å². The molecule has 0 amide bonds. The van der Waals surface area contributed by atoms with Crippen molar-refractivity contribution in [2.45, 2.75) is 24.3 Å². The van der Waals surface area contributed by atoms with Crippen LogP contribution >= 0.6 is 12.6 Å². The SMILES string of the molecule is CC1=CC=CC(S)(C(F)(F)F)C1. The second-order valence-corrected chi connectivity index (χ2v) is 3.77. The van der Waals surface area contributed by atoms with Gasteiger partial charge in [0.15, 0.2) is 0 Å². The Morgan fingerprint density at radius 3 is 2.42 bits per heavy atom. The first-order valence-corrected chi connectivity index (χ1v) is 3.94. The highest BCUT2D eigenvalue weighted by atomic mass is 32.1. The fourth-order valence-electron chi connectivity index (χ4n) is 1.11. The molecule has 1 rings (SSSR count). The zero-order valence-electron chi connectivity index (χ0n) is 6.52. The summed E-state index contributed by atoms with van der Waals surface area (Å²) in [5, 5.41) is 0. The first kappa shape index (κ1) is 9.71. The third-order valence-electron chi connectivity index (χ3n) is 1.79. The standard InChI is InChI=1S/C8H9F3S/c1-6-3-2-4-7(12,5-6)8(9,10)11/h2-4,12H,5H2,1H3. The average molecular weight is 194 g/mol. The lowest BCUT2D eigenvalue weighted by Gasteiger charge is -2.29. The molecule has 0 nitrogen and oxygen atoms in total. The van der Waals surface area contributed by atoms with Crippen molar-refractivity contribution in [1.82, 2.24) is 0 Å². The normalized spacial score (nSPS) is 30.2. The Bertz CT molecular complexity index is 239. The number of thiol groups is 1. The largest absolute Gasteiger partial charge is 0.406 e. The Balaban J connectivity index is 2.90. The Kier molecular flexibility index (Phi) is 2.29. The summed E-state index contributed by atoms with van der Waals surface area (Å²) in [6.45, 7) is 1.67. The van der Waals surface area contributed by atoms with E-state index >= 15 is 0 Å². The lowest BCUT2D eigenvalue weighted by atomic mass is 9.94. The van der Waals surface area contributed by atoms with Crippen LogP contribution in [0.5, 0.6) is 0 Å². The summed E-state index contributed by atoms with van der Waals surface area (Å²) < 4.78 is 35.1. The van der Waals surface area contributed by atoms with Crippen LogP contribution in [0.25, 0.3) is 0 Å². The van der Waals surface area contributed by atoms with E-state index in [0.717, 1.165) is 6.08 Å². The van der Waals surface area contributed by atoms with Gasteiger partial charge in [-0.1, -0.05) is 23.8 Å². The molecule has 0 aromatic heterocycles. The minimum atomic E-state index is -4.28. The van der Waals surface area contributed by atoms with Crippen LogP contribution in [0.3, 0.4) is 0 Å². The van der Waals surface area contributed by atoms with Crippen LogP contribution in [0.4, 0.5) is 13.2 Å². The quantitative estimate of drug-likeness (QED) is 0.563. The molecular weight excluding hydrogens is 185 g/mol. The molecule has 0 heterocycles. The maximum atomic E-state index is 12.3. The van der Waals surface area contributed by atoms with Gasteiger partial charge in [-0.3, -0.25) is 0 Å². The van der Waals surface area contributed by atoms with E-state index in [2.05, 4.69) is 12.6 Å². The van der Waals surface area contributed by atoms with Gasteiger partial charge >= 0.3 is 6.18 Å². The molecule has 1 atom stereocenters. The Labute approximate surface area is 74.6 Å². The molecule has 0 fully saturated rings. The zero-order chi connectivity index (χ0) is 9.41. The van der Waals surface area contributed by atoms with Crippen molar-refractivity contribution in [2.75, 3.05) is 0 Å². The van der Waals surface area contributed by atoms with E-state index in [0.29, 0.717) is 5.57 Å². The van der Waals surface area contributed by atoms with Gasteiger partial charge in [0.1, 0.15) is 4.75 Å². The molecule has 0 aliphatic heterocycles. The van der Waals surface area contributed by atoms with Crippen LogP contribution in [0.1, 0.15) is 13.3 Å². The van der Waals surface area contributed by atoms with Gasteiger partial charge in [0.25, 0.3) is 0 Å². The van der Waals surface area contributed by atoms with E-state index in [4.69, 9.17) is 0 Å². The number of allylic oxidation sites excluding steroid dienone is 3. The molecular formula is C8H9F3S. The molecule has 0 aromatic carbocycles. The molecule has 0 saturated carbocycles. The van der Waals surface area contributed by atoms with Gasteiger partial charge in [-0.15, -0.1) is 0 Å². The fraction of sp³-hybridized carbons (Fsp3) is 0.500. The summed E-state index contributed by atoms with van der Waals surface area (Å²) >= 11 is 3.64. The second-order valence-electron chi connectivity index (χ2n) is 2.97. The maximum absolute atomic E-state index is 12.3. The Morgan fingerprint density at radius 1 is 1.50 bits per heavy atom. The summed E-state index contributed by atoms with van der Waals surface area (Å²) in [5.74, 6) is 0. The van der Waals surface area contributed by atoms with Crippen LogP contribution in [0.15, 0.2) is 23.8 Å². The number of halogens is 3. The highest BCUT2D eigenvalue weighted by Crippen LogP contribution is 2.43. The first-order valence-electron chi connectivity index (χ1n) is 3.49. The topological polar surface area (TPSA) is 0 Å². The Hall–Kier alpha value is -0.380. The van der Waals surface area contributed by atoms with E-state index in [1.54, 1.807) is 13.0 Å². The molecule has 1 unspecified atom stereocenters. The number of hydrogen-bond donors (Lipinski definition) is 1. The lowest BCUT2D eigenvalue weighted by molar-refractivity contribution is -0.147. The molecule has 0 bridgehead atoms. The Morgan fingerprint density at radius 2 is 2.08 bits per heavy atom. The average Bonchev–Trinajstić information content (AvgIpc) is 1.83. The number of rotatable bonds is 0. The predicted molar refractivity (Wildman–Crippen MR) is 45.3 cm³/mol. The van der Waals surface area contributed by atoms with Crippen LogP contribution < -0.4 is 0 Å².